The van der Waals surface area contributed by atoms with Crippen molar-refractivity contribution in [2.45, 2.75) is 26.2 Å². The number of Topliss-reactive ketones (excluding diaryl/α,β-unsaturated/α-hetero) is 1. The Bertz CT molecular complexity index is 758. The molecule has 0 N–H and O–H groups in total. The average molecular weight is 341 g/mol. The van der Waals surface area contributed by atoms with E-state index < -0.39 is 5.97 Å². The van der Waals surface area contributed by atoms with Gasteiger partial charge in [0.25, 0.3) is 0 Å². The van der Waals surface area contributed by atoms with Crippen LogP contribution in [0.3, 0.4) is 0 Å². The zero-order valence-corrected chi connectivity index (χ0v) is 13.9. The van der Waals surface area contributed by atoms with Crippen LogP contribution in [-0.2, 0) is 19.1 Å². The molecule has 1 heterocycles. The molecule has 4 rings (SSSR count). The smallest absolute Gasteiger partial charge is 0.340 e. The number of hydrogen-bond acceptors (Lipinski definition) is 5. The van der Waals surface area contributed by atoms with Gasteiger partial charge in [-0.1, -0.05) is 12.1 Å². The third-order valence-electron chi connectivity index (χ3n) is 5.70. The van der Waals surface area contributed by atoms with Gasteiger partial charge in [0.15, 0.2) is 5.78 Å². The fraction of sp³-hybridized carbons (Fsp3) is 0.474. The Morgan fingerprint density at radius 1 is 1.08 bits per heavy atom. The molecule has 4 unspecified atom stereocenters. The molecule has 0 spiro atoms. The van der Waals surface area contributed by atoms with Crippen molar-refractivity contribution < 1.29 is 23.9 Å². The molecule has 1 saturated heterocycles. The summed E-state index contributed by atoms with van der Waals surface area (Å²) in [5, 5.41) is 0. The lowest BCUT2D eigenvalue weighted by Crippen LogP contribution is -2.34. The molecule has 3 aliphatic rings. The summed E-state index contributed by atoms with van der Waals surface area (Å²) in [5.74, 6) is -1.29. The molecule has 2 bridgehead atoms. The molecule has 0 radical (unpaired) electrons. The summed E-state index contributed by atoms with van der Waals surface area (Å²) in [6, 6.07) is 6.42. The number of imide groups is 1. The third-order valence-corrected chi connectivity index (χ3v) is 5.70. The summed E-state index contributed by atoms with van der Waals surface area (Å²) >= 11 is 0. The highest BCUT2D eigenvalue weighted by Crippen LogP contribution is 2.56. The van der Waals surface area contributed by atoms with E-state index in [0.29, 0.717) is 0 Å². The van der Waals surface area contributed by atoms with Crippen LogP contribution in [0.15, 0.2) is 24.3 Å². The van der Waals surface area contributed by atoms with Crippen LogP contribution in [0, 0.1) is 23.7 Å². The van der Waals surface area contributed by atoms with Gasteiger partial charge in [-0.05, 0) is 50.2 Å². The summed E-state index contributed by atoms with van der Waals surface area (Å²) in [5.41, 5.74) is 0.401. The first kappa shape index (κ1) is 16.0. The number of carbonyl (C=O) groups is 4. The SMILES string of the molecule is CC(=O)COC(=O)c1ccccc1N1C(=O)C2C3CCC(C3)C2C1=O. The number of anilines is 1. The molecular formula is C19H19NO5. The summed E-state index contributed by atoms with van der Waals surface area (Å²) in [4.78, 5) is 50.4. The molecule has 1 aliphatic heterocycles. The number of benzene rings is 1. The van der Waals surface area contributed by atoms with E-state index in [1.165, 1.54) is 17.9 Å². The molecule has 2 amide bonds. The summed E-state index contributed by atoms with van der Waals surface area (Å²) in [7, 11) is 0. The first-order valence-electron chi connectivity index (χ1n) is 8.62. The van der Waals surface area contributed by atoms with E-state index in [1.54, 1.807) is 18.2 Å². The number of fused-ring (bicyclic) bond motifs is 5. The maximum Gasteiger partial charge on any atom is 0.340 e. The van der Waals surface area contributed by atoms with Crippen LogP contribution in [0.1, 0.15) is 36.5 Å². The lowest BCUT2D eigenvalue weighted by Gasteiger charge is -2.19. The molecule has 6 heteroatoms. The van der Waals surface area contributed by atoms with Crippen molar-refractivity contribution in [3.63, 3.8) is 0 Å². The molecule has 25 heavy (non-hydrogen) atoms. The van der Waals surface area contributed by atoms with Gasteiger partial charge in [0.2, 0.25) is 11.8 Å². The zero-order chi connectivity index (χ0) is 17.7. The topological polar surface area (TPSA) is 80.8 Å². The minimum Gasteiger partial charge on any atom is -0.454 e. The molecular weight excluding hydrogens is 322 g/mol. The Kier molecular flexibility index (Phi) is 3.71. The molecule has 1 aromatic carbocycles. The van der Waals surface area contributed by atoms with Gasteiger partial charge < -0.3 is 4.74 Å². The second kappa shape index (κ2) is 5.79. The monoisotopic (exact) mass is 341 g/mol. The molecule has 6 nitrogen and oxygen atoms in total. The van der Waals surface area contributed by atoms with Crippen LogP contribution >= 0.6 is 0 Å². The van der Waals surface area contributed by atoms with Crippen LogP contribution in [0.2, 0.25) is 0 Å². The van der Waals surface area contributed by atoms with E-state index in [9.17, 15) is 19.2 Å². The van der Waals surface area contributed by atoms with E-state index in [4.69, 9.17) is 4.74 Å². The Labute approximate surface area is 145 Å². The minimum absolute atomic E-state index is 0.137. The lowest BCUT2D eigenvalue weighted by molar-refractivity contribution is -0.123. The lowest BCUT2D eigenvalue weighted by atomic mass is 9.81. The average Bonchev–Trinajstić information content (AvgIpc) is 3.27. The molecule has 1 aromatic rings. The second-order valence-corrected chi connectivity index (χ2v) is 7.19. The first-order valence-corrected chi connectivity index (χ1v) is 8.62. The van der Waals surface area contributed by atoms with Gasteiger partial charge in [-0.15, -0.1) is 0 Å². The third kappa shape index (κ3) is 2.39. The summed E-state index contributed by atoms with van der Waals surface area (Å²) in [6.45, 7) is 0.994. The summed E-state index contributed by atoms with van der Waals surface area (Å²) in [6.07, 6.45) is 2.96. The van der Waals surface area contributed by atoms with Crippen molar-refractivity contribution in [2.75, 3.05) is 11.5 Å². The van der Waals surface area contributed by atoms with Crippen molar-refractivity contribution in [2.24, 2.45) is 23.7 Å². The van der Waals surface area contributed by atoms with Crippen molar-refractivity contribution in [1.29, 1.82) is 0 Å². The number of nitrogens with zero attached hydrogens (tertiary/aromatic N) is 1. The molecule has 3 fully saturated rings. The molecule has 4 atom stereocenters. The largest absolute Gasteiger partial charge is 0.454 e. The Hall–Kier alpha value is -2.50. The Morgan fingerprint density at radius 3 is 2.28 bits per heavy atom. The van der Waals surface area contributed by atoms with Crippen molar-refractivity contribution in [3.8, 4) is 0 Å². The highest BCUT2D eigenvalue weighted by molar-refractivity contribution is 6.24. The highest BCUT2D eigenvalue weighted by Gasteiger charge is 2.61. The second-order valence-electron chi connectivity index (χ2n) is 7.19. The normalized spacial score (nSPS) is 29.9. The Morgan fingerprint density at radius 2 is 1.68 bits per heavy atom. The van der Waals surface area contributed by atoms with Gasteiger partial charge in [-0.3, -0.25) is 14.4 Å². The number of hydrogen-bond donors (Lipinski definition) is 0. The number of rotatable bonds is 4. The van der Waals surface area contributed by atoms with E-state index >= 15 is 0 Å². The Balaban J connectivity index is 1.67. The van der Waals surface area contributed by atoms with Crippen LogP contribution < -0.4 is 4.90 Å². The molecule has 0 aromatic heterocycles. The van der Waals surface area contributed by atoms with Crippen LogP contribution in [0.4, 0.5) is 5.69 Å². The van der Waals surface area contributed by atoms with Crippen molar-refractivity contribution >= 4 is 29.3 Å². The minimum atomic E-state index is -0.702. The molecule has 130 valence electrons. The number of ether oxygens (including phenoxy) is 1. The number of para-hydroxylation sites is 1. The van der Waals surface area contributed by atoms with E-state index in [1.807, 2.05) is 0 Å². The van der Waals surface area contributed by atoms with Crippen molar-refractivity contribution in [3.05, 3.63) is 29.8 Å². The van der Waals surface area contributed by atoms with E-state index in [2.05, 4.69) is 0 Å². The maximum absolute atomic E-state index is 12.9. The van der Waals surface area contributed by atoms with Gasteiger partial charge in [-0.25, -0.2) is 9.69 Å². The fourth-order valence-corrected chi connectivity index (χ4v) is 4.73. The van der Waals surface area contributed by atoms with Gasteiger partial charge in [0.05, 0.1) is 23.1 Å². The van der Waals surface area contributed by atoms with Crippen molar-refractivity contribution in [1.82, 2.24) is 0 Å². The predicted molar refractivity (Wildman–Crippen MR) is 87.7 cm³/mol. The van der Waals surface area contributed by atoms with Crippen LogP contribution in [0.25, 0.3) is 0 Å². The number of esters is 1. The van der Waals surface area contributed by atoms with E-state index in [0.717, 1.165) is 19.3 Å². The van der Waals surface area contributed by atoms with Gasteiger partial charge in [0, 0.05) is 0 Å². The highest BCUT2D eigenvalue weighted by atomic mass is 16.5. The quantitative estimate of drug-likeness (QED) is 0.618. The fourth-order valence-electron chi connectivity index (χ4n) is 4.73. The van der Waals surface area contributed by atoms with Gasteiger partial charge in [-0.2, -0.15) is 0 Å². The standard InChI is InChI=1S/C19H19NO5/c1-10(21)9-25-19(24)13-4-2-3-5-14(13)20-17(22)15-11-6-7-12(8-11)16(15)18(20)23/h2-5,11-12,15-16H,6-9H2,1H3. The summed E-state index contributed by atoms with van der Waals surface area (Å²) < 4.78 is 4.97. The number of carbonyl (C=O) groups excluding carboxylic acids is 4. The first-order chi connectivity index (χ1) is 12.0. The number of ketones is 1. The maximum atomic E-state index is 12.9. The van der Waals surface area contributed by atoms with Gasteiger partial charge in [0.1, 0.15) is 6.61 Å². The van der Waals surface area contributed by atoms with E-state index in [-0.39, 0.29) is 59.1 Å². The zero-order valence-electron chi connectivity index (χ0n) is 13.9. The number of amides is 2. The molecule has 2 saturated carbocycles. The molecule has 2 aliphatic carbocycles. The predicted octanol–water partition coefficient (Wildman–Crippen LogP) is 1.97. The van der Waals surface area contributed by atoms with Crippen LogP contribution in [-0.4, -0.2) is 30.2 Å². The van der Waals surface area contributed by atoms with Gasteiger partial charge >= 0.3 is 5.97 Å². The van der Waals surface area contributed by atoms with Crippen LogP contribution in [0.5, 0.6) is 0 Å².